The van der Waals surface area contributed by atoms with E-state index in [0.29, 0.717) is 24.4 Å². The van der Waals surface area contributed by atoms with E-state index in [9.17, 15) is 19.2 Å². The van der Waals surface area contributed by atoms with Crippen LogP contribution in [0.3, 0.4) is 0 Å². The molecule has 0 aliphatic carbocycles. The van der Waals surface area contributed by atoms with Crippen molar-refractivity contribution in [3.63, 3.8) is 0 Å². The van der Waals surface area contributed by atoms with E-state index in [2.05, 4.69) is 9.57 Å². The number of amides is 4. The number of hydroxylamine groups is 2. The summed E-state index contributed by atoms with van der Waals surface area (Å²) in [6, 6.07) is -0.592. The fourth-order valence-corrected chi connectivity index (χ4v) is 1.62. The Balaban J connectivity index is 2.11. The van der Waals surface area contributed by atoms with E-state index in [1.54, 1.807) is 12.2 Å². The summed E-state index contributed by atoms with van der Waals surface area (Å²) >= 11 is 0. The first-order chi connectivity index (χ1) is 11.0. The molecule has 0 aromatic heterocycles. The zero-order chi connectivity index (χ0) is 17.2. The maximum absolute atomic E-state index is 11.3. The van der Waals surface area contributed by atoms with Crippen molar-refractivity contribution in [2.45, 2.75) is 25.7 Å². The van der Waals surface area contributed by atoms with Crippen molar-refractivity contribution in [2.75, 3.05) is 13.2 Å². The molecule has 0 aromatic rings. The molecule has 0 atom stereocenters. The summed E-state index contributed by atoms with van der Waals surface area (Å²) in [5.74, 6) is 9.14. The van der Waals surface area contributed by atoms with Crippen LogP contribution in [-0.2, 0) is 19.2 Å². The maximum Gasteiger partial charge on any atom is 0.534 e. The van der Waals surface area contributed by atoms with Crippen molar-refractivity contribution in [3.05, 3.63) is 12.2 Å². The fourth-order valence-electron chi connectivity index (χ4n) is 1.62. The van der Waals surface area contributed by atoms with Crippen molar-refractivity contribution >= 4 is 24.0 Å². The predicted molar refractivity (Wildman–Crippen MR) is 75.5 cm³/mol. The number of unbranched alkanes of at least 4 members (excludes halogenated alkanes) is 1. The van der Waals surface area contributed by atoms with Crippen LogP contribution in [-0.4, -0.2) is 47.2 Å². The van der Waals surface area contributed by atoms with Gasteiger partial charge in [-0.15, -0.1) is 0 Å². The summed E-state index contributed by atoms with van der Waals surface area (Å²) in [6.07, 6.45) is 3.35. The molecule has 23 heavy (non-hydrogen) atoms. The van der Waals surface area contributed by atoms with Gasteiger partial charge in [0, 0.05) is 19.4 Å². The molecule has 128 valence electrons. The summed E-state index contributed by atoms with van der Waals surface area (Å²) in [5.41, 5.74) is 1.89. The number of imide groups is 1. The number of hydrogen-bond donors (Lipinski definition) is 3. The third kappa shape index (κ3) is 6.32. The lowest BCUT2D eigenvalue weighted by atomic mass is 10.3. The van der Waals surface area contributed by atoms with Gasteiger partial charge in [0.2, 0.25) is 0 Å². The second-order valence-corrected chi connectivity index (χ2v) is 4.49. The molecule has 5 N–H and O–H groups in total. The van der Waals surface area contributed by atoms with Gasteiger partial charge in [0.05, 0.1) is 0 Å². The van der Waals surface area contributed by atoms with Gasteiger partial charge < -0.3 is 4.74 Å². The molecular weight excluding hydrogens is 310 g/mol. The topological polar surface area (TPSA) is 157 Å². The normalized spacial score (nSPS) is 14.3. The predicted octanol–water partition coefficient (Wildman–Crippen LogP) is -0.701. The Morgan fingerprint density at radius 3 is 2.52 bits per heavy atom. The molecule has 1 aliphatic rings. The van der Waals surface area contributed by atoms with Gasteiger partial charge in [-0.1, -0.05) is 17.2 Å². The SMILES string of the molecule is NNC(=O)N(N)CCC/C=C\COC(=O)ON1C(=O)CCC1=O. The lowest BCUT2D eigenvalue weighted by Gasteiger charge is -2.14. The minimum Gasteiger partial charge on any atom is -0.428 e. The van der Waals surface area contributed by atoms with Crippen LogP contribution in [0, 0.1) is 0 Å². The van der Waals surface area contributed by atoms with Gasteiger partial charge in [-0.05, 0) is 12.8 Å². The van der Waals surface area contributed by atoms with Crippen molar-refractivity contribution < 1.29 is 28.8 Å². The summed E-state index contributed by atoms with van der Waals surface area (Å²) in [7, 11) is 0. The van der Waals surface area contributed by atoms with E-state index in [4.69, 9.17) is 11.7 Å². The second kappa shape index (κ2) is 9.38. The number of carbonyl (C=O) groups is 4. The molecule has 1 aliphatic heterocycles. The summed E-state index contributed by atoms with van der Waals surface area (Å²) in [6.45, 7) is 0.222. The average Bonchev–Trinajstić information content (AvgIpc) is 2.84. The van der Waals surface area contributed by atoms with Crippen molar-refractivity contribution in [1.29, 1.82) is 0 Å². The molecule has 4 amide bonds. The number of rotatable bonds is 7. The highest BCUT2D eigenvalue weighted by molar-refractivity contribution is 6.01. The molecule has 11 heteroatoms. The van der Waals surface area contributed by atoms with E-state index in [-0.39, 0.29) is 19.4 Å². The summed E-state index contributed by atoms with van der Waals surface area (Å²) in [5, 5.41) is 1.34. The number of allylic oxidation sites excluding steroid dienone is 1. The van der Waals surface area contributed by atoms with Crippen LogP contribution in [0.2, 0.25) is 0 Å². The zero-order valence-corrected chi connectivity index (χ0v) is 12.4. The lowest BCUT2D eigenvalue weighted by Crippen LogP contribution is -2.47. The Labute approximate surface area is 132 Å². The van der Waals surface area contributed by atoms with Crippen LogP contribution < -0.4 is 17.1 Å². The van der Waals surface area contributed by atoms with Gasteiger partial charge in [-0.3, -0.25) is 24.9 Å². The van der Waals surface area contributed by atoms with Crippen LogP contribution in [0.15, 0.2) is 12.2 Å². The second-order valence-electron chi connectivity index (χ2n) is 4.49. The van der Waals surface area contributed by atoms with Crippen molar-refractivity contribution in [1.82, 2.24) is 15.5 Å². The molecule has 1 saturated heterocycles. The minimum atomic E-state index is -1.13. The molecule has 1 rings (SSSR count). The van der Waals surface area contributed by atoms with Gasteiger partial charge in [0.15, 0.2) is 0 Å². The Bertz CT molecular complexity index is 478. The Morgan fingerprint density at radius 2 is 1.91 bits per heavy atom. The number of hydrogen-bond acceptors (Lipinski definition) is 8. The average molecular weight is 329 g/mol. The summed E-state index contributed by atoms with van der Waals surface area (Å²) < 4.78 is 4.67. The maximum atomic E-state index is 11.3. The van der Waals surface area contributed by atoms with E-state index >= 15 is 0 Å². The van der Waals surface area contributed by atoms with Crippen LogP contribution in [0.5, 0.6) is 0 Å². The number of carbonyl (C=O) groups excluding carboxylic acids is 4. The summed E-state index contributed by atoms with van der Waals surface area (Å²) in [4.78, 5) is 49.1. The molecule has 11 nitrogen and oxygen atoms in total. The molecule has 1 heterocycles. The third-order valence-electron chi connectivity index (χ3n) is 2.79. The Morgan fingerprint density at radius 1 is 1.26 bits per heavy atom. The molecule has 0 spiro atoms. The standard InChI is InChI=1S/C12H19N5O6/c13-15-11(20)16(14)7-3-1-2-4-8-22-12(21)23-17-9(18)5-6-10(17)19/h2,4H,1,3,5-8,13-14H2,(H,15,20)/b4-2-. The largest absolute Gasteiger partial charge is 0.534 e. The molecule has 0 radical (unpaired) electrons. The first-order valence-electron chi connectivity index (χ1n) is 6.84. The first-order valence-corrected chi connectivity index (χ1v) is 6.84. The van der Waals surface area contributed by atoms with Gasteiger partial charge >= 0.3 is 12.2 Å². The van der Waals surface area contributed by atoms with Crippen LogP contribution in [0.1, 0.15) is 25.7 Å². The number of hydrazine groups is 2. The van der Waals surface area contributed by atoms with E-state index in [1.165, 1.54) is 0 Å². The van der Waals surface area contributed by atoms with E-state index < -0.39 is 24.0 Å². The van der Waals surface area contributed by atoms with Crippen LogP contribution in [0.25, 0.3) is 0 Å². The monoisotopic (exact) mass is 329 g/mol. The highest BCUT2D eigenvalue weighted by Crippen LogP contribution is 2.12. The number of nitrogens with two attached hydrogens (primary N) is 2. The number of nitrogens with zero attached hydrogens (tertiary/aromatic N) is 2. The molecule has 1 fully saturated rings. The lowest BCUT2D eigenvalue weighted by molar-refractivity contribution is -0.176. The van der Waals surface area contributed by atoms with Crippen LogP contribution >= 0.6 is 0 Å². The van der Waals surface area contributed by atoms with Crippen molar-refractivity contribution in [3.8, 4) is 0 Å². The van der Waals surface area contributed by atoms with Gasteiger partial charge in [-0.25, -0.2) is 21.3 Å². The van der Waals surface area contributed by atoms with Gasteiger partial charge in [0.25, 0.3) is 11.8 Å². The van der Waals surface area contributed by atoms with E-state index in [1.807, 2.05) is 5.43 Å². The fraction of sp³-hybridized carbons (Fsp3) is 0.500. The smallest absolute Gasteiger partial charge is 0.428 e. The molecule has 0 unspecified atom stereocenters. The number of urea groups is 1. The van der Waals surface area contributed by atoms with Gasteiger partial charge in [0.1, 0.15) is 6.61 Å². The number of ether oxygens (including phenoxy) is 1. The molecular formula is C12H19N5O6. The Hall–Kier alpha value is -2.66. The van der Waals surface area contributed by atoms with Gasteiger partial charge in [-0.2, -0.15) is 0 Å². The molecule has 0 saturated carbocycles. The van der Waals surface area contributed by atoms with E-state index in [0.717, 1.165) is 5.01 Å². The minimum absolute atomic E-state index is 0.0202. The highest BCUT2D eigenvalue weighted by atomic mass is 16.8. The quantitative estimate of drug-likeness (QED) is 0.105. The third-order valence-corrected chi connectivity index (χ3v) is 2.79. The van der Waals surface area contributed by atoms with Crippen molar-refractivity contribution in [2.24, 2.45) is 11.7 Å². The Kier molecular flexibility index (Phi) is 7.50. The zero-order valence-electron chi connectivity index (χ0n) is 12.4. The molecule has 0 aromatic carbocycles. The first kappa shape index (κ1) is 18.4. The molecule has 0 bridgehead atoms. The number of nitrogens with one attached hydrogen (secondary N) is 1. The van der Waals surface area contributed by atoms with Crippen LogP contribution in [0.4, 0.5) is 9.59 Å². The highest BCUT2D eigenvalue weighted by Gasteiger charge is 2.33.